The second-order valence-electron chi connectivity index (χ2n) is 3.84. The quantitative estimate of drug-likeness (QED) is 0.595. The number of carbonyl (C=O) groups is 1. The van der Waals surface area contributed by atoms with Gasteiger partial charge in [-0.1, -0.05) is 6.42 Å². The smallest absolute Gasteiger partial charge is 0.176 e. The second kappa shape index (κ2) is 5.49. The molecular formula is C12H12FIOS. The second-order valence-corrected chi connectivity index (χ2v) is 6.32. The summed E-state index contributed by atoms with van der Waals surface area (Å²) in [7, 11) is 0. The third kappa shape index (κ3) is 2.77. The number of rotatable bonds is 2. The largest absolute Gasteiger partial charge is 0.293 e. The zero-order valence-corrected chi connectivity index (χ0v) is 11.7. The molecule has 1 aliphatic heterocycles. The number of halogens is 2. The summed E-state index contributed by atoms with van der Waals surface area (Å²) in [6.45, 7) is 0. The summed E-state index contributed by atoms with van der Waals surface area (Å²) in [5, 5.41) is 0.0766. The van der Waals surface area contributed by atoms with Crippen molar-refractivity contribution in [2.45, 2.75) is 24.5 Å². The number of hydrogen-bond donors (Lipinski definition) is 0. The van der Waals surface area contributed by atoms with Gasteiger partial charge in [0.2, 0.25) is 0 Å². The van der Waals surface area contributed by atoms with Gasteiger partial charge in [-0.05, 0) is 59.4 Å². The van der Waals surface area contributed by atoms with Gasteiger partial charge >= 0.3 is 0 Å². The summed E-state index contributed by atoms with van der Waals surface area (Å²) in [5.41, 5.74) is 0.668. The van der Waals surface area contributed by atoms with Crippen LogP contribution in [-0.2, 0) is 0 Å². The Bertz CT molecular complexity index is 402. The summed E-state index contributed by atoms with van der Waals surface area (Å²) in [4.78, 5) is 12.2. The van der Waals surface area contributed by atoms with Crippen LogP contribution in [0.1, 0.15) is 29.6 Å². The van der Waals surface area contributed by atoms with E-state index in [1.165, 1.54) is 18.6 Å². The van der Waals surface area contributed by atoms with Crippen molar-refractivity contribution in [2.75, 3.05) is 5.75 Å². The maximum Gasteiger partial charge on any atom is 0.176 e. The minimum atomic E-state index is -0.280. The first-order valence-electron chi connectivity index (χ1n) is 5.29. The van der Waals surface area contributed by atoms with Crippen LogP contribution in [0.5, 0.6) is 0 Å². The molecule has 0 saturated carbocycles. The molecule has 4 heteroatoms. The van der Waals surface area contributed by atoms with Gasteiger partial charge in [-0.15, -0.1) is 0 Å². The Labute approximate surface area is 112 Å². The van der Waals surface area contributed by atoms with E-state index in [9.17, 15) is 9.18 Å². The van der Waals surface area contributed by atoms with Crippen molar-refractivity contribution in [1.82, 2.24) is 0 Å². The van der Waals surface area contributed by atoms with Crippen LogP contribution in [0.2, 0.25) is 0 Å². The first-order valence-corrected chi connectivity index (χ1v) is 7.42. The van der Waals surface area contributed by atoms with Gasteiger partial charge in [0.25, 0.3) is 0 Å². The number of benzene rings is 1. The van der Waals surface area contributed by atoms with Crippen LogP contribution in [0.3, 0.4) is 0 Å². The number of ketones is 1. The predicted octanol–water partition coefficient (Wildman–Crippen LogP) is 3.90. The molecule has 1 aromatic carbocycles. The molecule has 0 N–H and O–H groups in total. The molecule has 2 rings (SSSR count). The lowest BCUT2D eigenvalue weighted by Crippen LogP contribution is -2.21. The molecule has 86 valence electrons. The summed E-state index contributed by atoms with van der Waals surface area (Å²) in [6, 6.07) is 4.39. The molecule has 1 fully saturated rings. The normalized spacial score (nSPS) is 20.8. The molecule has 0 radical (unpaired) electrons. The monoisotopic (exact) mass is 350 g/mol. The number of carbonyl (C=O) groups excluding carboxylic acids is 1. The molecule has 0 bridgehead atoms. The fourth-order valence-corrected chi connectivity index (χ4v) is 3.82. The highest BCUT2D eigenvalue weighted by molar-refractivity contribution is 14.1. The van der Waals surface area contributed by atoms with Gasteiger partial charge in [-0.3, -0.25) is 4.79 Å². The molecule has 0 aliphatic carbocycles. The zero-order chi connectivity index (χ0) is 11.5. The Balaban J connectivity index is 2.19. The van der Waals surface area contributed by atoms with E-state index in [4.69, 9.17) is 0 Å². The van der Waals surface area contributed by atoms with E-state index in [0.29, 0.717) is 9.13 Å². The van der Waals surface area contributed by atoms with Crippen LogP contribution in [-0.4, -0.2) is 16.8 Å². The summed E-state index contributed by atoms with van der Waals surface area (Å²) in [5.74, 6) is 0.945. The predicted molar refractivity (Wildman–Crippen MR) is 73.5 cm³/mol. The molecule has 0 amide bonds. The Kier molecular flexibility index (Phi) is 4.24. The first-order chi connectivity index (χ1) is 7.68. The molecule has 1 saturated heterocycles. The van der Waals surface area contributed by atoms with Crippen molar-refractivity contribution in [1.29, 1.82) is 0 Å². The highest BCUT2D eigenvalue weighted by atomic mass is 127. The Morgan fingerprint density at radius 3 is 2.88 bits per heavy atom. The molecule has 1 atom stereocenters. The topological polar surface area (TPSA) is 17.1 Å². The minimum absolute atomic E-state index is 0.0766. The molecule has 1 heterocycles. The zero-order valence-electron chi connectivity index (χ0n) is 8.71. The van der Waals surface area contributed by atoms with Crippen LogP contribution >= 0.6 is 34.4 Å². The van der Waals surface area contributed by atoms with Crippen LogP contribution in [0, 0.1) is 9.39 Å². The van der Waals surface area contributed by atoms with Crippen molar-refractivity contribution >= 4 is 40.1 Å². The lowest BCUT2D eigenvalue weighted by molar-refractivity contribution is 0.0984. The highest BCUT2D eigenvalue weighted by Gasteiger charge is 2.24. The van der Waals surface area contributed by atoms with Gasteiger partial charge in [0.05, 0.1) is 5.25 Å². The third-order valence-electron chi connectivity index (χ3n) is 2.67. The van der Waals surface area contributed by atoms with Gasteiger partial charge in [0.1, 0.15) is 5.82 Å². The fourth-order valence-electron chi connectivity index (χ4n) is 1.81. The molecule has 1 nitrogen and oxygen atoms in total. The molecule has 0 aromatic heterocycles. The molecule has 16 heavy (non-hydrogen) atoms. The molecule has 1 aliphatic rings. The van der Waals surface area contributed by atoms with Crippen molar-refractivity contribution in [2.24, 2.45) is 0 Å². The summed E-state index contributed by atoms with van der Waals surface area (Å²) < 4.78 is 13.6. The van der Waals surface area contributed by atoms with Gasteiger partial charge < -0.3 is 0 Å². The first kappa shape index (κ1) is 12.4. The van der Waals surface area contributed by atoms with E-state index >= 15 is 0 Å². The van der Waals surface area contributed by atoms with E-state index in [1.807, 2.05) is 22.6 Å². The third-order valence-corrected chi connectivity index (χ3v) is 4.94. The molecule has 1 aromatic rings. The van der Waals surface area contributed by atoms with Crippen LogP contribution in [0.25, 0.3) is 0 Å². The average molecular weight is 350 g/mol. The average Bonchev–Trinajstić information content (AvgIpc) is 2.29. The van der Waals surface area contributed by atoms with Gasteiger partial charge in [0.15, 0.2) is 5.78 Å². The van der Waals surface area contributed by atoms with Crippen molar-refractivity contribution < 1.29 is 9.18 Å². The summed E-state index contributed by atoms with van der Waals surface area (Å²) >= 11 is 3.76. The number of thioether (sulfide) groups is 1. The van der Waals surface area contributed by atoms with E-state index < -0.39 is 0 Å². The lowest BCUT2D eigenvalue weighted by atomic mass is 10.0. The summed E-state index contributed by atoms with van der Waals surface area (Å²) in [6.07, 6.45) is 3.28. The van der Waals surface area contributed by atoms with E-state index in [1.54, 1.807) is 17.8 Å². The Hall–Kier alpha value is -0.100. The van der Waals surface area contributed by atoms with Crippen molar-refractivity contribution in [3.63, 3.8) is 0 Å². The Morgan fingerprint density at radius 1 is 1.44 bits per heavy atom. The molecule has 1 unspecified atom stereocenters. The highest BCUT2D eigenvalue weighted by Crippen LogP contribution is 2.29. The number of Topliss-reactive ketones (excluding diaryl/α,β-unsaturated/α-hetero) is 1. The maximum atomic E-state index is 12.9. The minimum Gasteiger partial charge on any atom is -0.293 e. The van der Waals surface area contributed by atoms with E-state index in [2.05, 4.69) is 0 Å². The van der Waals surface area contributed by atoms with Gasteiger partial charge in [-0.25, -0.2) is 4.39 Å². The van der Waals surface area contributed by atoms with Gasteiger partial charge in [-0.2, -0.15) is 11.8 Å². The van der Waals surface area contributed by atoms with Crippen molar-refractivity contribution in [3.8, 4) is 0 Å². The number of hydrogen-bond acceptors (Lipinski definition) is 2. The van der Waals surface area contributed by atoms with Crippen LogP contribution < -0.4 is 0 Å². The lowest BCUT2D eigenvalue weighted by Gasteiger charge is -2.20. The molecular weight excluding hydrogens is 338 g/mol. The van der Waals surface area contributed by atoms with E-state index in [-0.39, 0.29) is 16.9 Å². The van der Waals surface area contributed by atoms with Gasteiger partial charge in [0, 0.05) is 9.13 Å². The maximum absolute atomic E-state index is 12.9. The standard InChI is InChI=1S/C12H12FIOS/c13-8-4-5-9(10(14)7-8)12(15)11-3-1-2-6-16-11/h4-5,7,11H,1-3,6H2. The van der Waals surface area contributed by atoms with E-state index in [0.717, 1.165) is 18.6 Å². The molecule has 0 spiro atoms. The van der Waals surface area contributed by atoms with Crippen LogP contribution in [0.15, 0.2) is 18.2 Å². The van der Waals surface area contributed by atoms with Crippen molar-refractivity contribution in [3.05, 3.63) is 33.1 Å². The Morgan fingerprint density at radius 2 is 2.25 bits per heavy atom. The SMILES string of the molecule is O=C(c1ccc(F)cc1I)C1CCCCS1. The fraction of sp³-hybridized carbons (Fsp3) is 0.417. The van der Waals surface area contributed by atoms with Crippen LogP contribution in [0.4, 0.5) is 4.39 Å².